The maximum Gasteiger partial charge on any atom is 0.252 e. The summed E-state index contributed by atoms with van der Waals surface area (Å²) in [6.07, 6.45) is 3.05. The number of aromatic nitrogens is 1. The van der Waals surface area contributed by atoms with Crippen LogP contribution in [0.25, 0.3) is 0 Å². The van der Waals surface area contributed by atoms with Crippen molar-refractivity contribution in [1.29, 1.82) is 0 Å². The third-order valence-electron chi connectivity index (χ3n) is 5.56. The molecule has 4 nitrogen and oxygen atoms in total. The molecular weight excluding hydrogens is 405 g/mol. The Morgan fingerprint density at radius 1 is 1.10 bits per heavy atom. The molecule has 3 aromatic rings. The van der Waals surface area contributed by atoms with Gasteiger partial charge in [-0.15, -0.1) is 0 Å². The quantitative estimate of drug-likeness (QED) is 0.630. The maximum absolute atomic E-state index is 12.8. The lowest BCUT2D eigenvalue weighted by Gasteiger charge is -2.36. The molecule has 0 saturated carbocycles. The van der Waals surface area contributed by atoms with Crippen LogP contribution in [0.5, 0.6) is 0 Å². The number of fused-ring (bicyclic) bond motifs is 1. The molecule has 1 aliphatic heterocycles. The molecule has 0 bridgehead atoms. The standard InChI is InChI=1S/C23H23Cl2N3O/c1-27-11-4-7-21(27)22(28-12-10-16-5-2-3-6-17(16)15-28)14-26-23(29)19-9-8-18(24)13-20(19)25/h2-9,11,13,22H,10,12,14-15H2,1H3,(H,26,29). The van der Waals surface area contributed by atoms with Crippen molar-refractivity contribution in [3.05, 3.63) is 93.2 Å². The van der Waals surface area contributed by atoms with Crippen LogP contribution in [0.15, 0.2) is 60.8 Å². The van der Waals surface area contributed by atoms with E-state index in [1.165, 1.54) is 16.8 Å². The number of benzene rings is 2. The first-order valence-electron chi connectivity index (χ1n) is 9.68. The highest BCUT2D eigenvalue weighted by molar-refractivity contribution is 6.36. The van der Waals surface area contributed by atoms with E-state index in [9.17, 15) is 4.79 Å². The SMILES string of the molecule is Cn1cccc1C(CNC(=O)c1ccc(Cl)cc1Cl)N1CCc2ccccc2C1. The highest BCUT2D eigenvalue weighted by atomic mass is 35.5. The minimum Gasteiger partial charge on any atom is -0.353 e. The third-order valence-corrected chi connectivity index (χ3v) is 6.11. The molecule has 0 radical (unpaired) electrons. The van der Waals surface area contributed by atoms with Crippen molar-refractivity contribution in [1.82, 2.24) is 14.8 Å². The Morgan fingerprint density at radius 2 is 1.90 bits per heavy atom. The number of nitrogens with zero attached hydrogens (tertiary/aromatic N) is 2. The van der Waals surface area contributed by atoms with Crippen LogP contribution in [0.2, 0.25) is 10.0 Å². The number of carbonyl (C=O) groups excluding carboxylic acids is 1. The Morgan fingerprint density at radius 3 is 2.62 bits per heavy atom. The van der Waals surface area contributed by atoms with E-state index in [4.69, 9.17) is 23.2 Å². The molecule has 0 aliphatic carbocycles. The van der Waals surface area contributed by atoms with Gasteiger partial charge >= 0.3 is 0 Å². The number of aryl methyl sites for hydroxylation is 1. The molecule has 2 aromatic carbocycles. The molecule has 150 valence electrons. The van der Waals surface area contributed by atoms with Crippen LogP contribution in [-0.2, 0) is 20.0 Å². The zero-order valence-electron chi connectivity index (χ0n) is 16.2. The Hall–Kier alpha value is -2.27. The van der Waals surface area contributed by atoms with E-state index in [1.54, 1.807) is 18.2 Å². The second kappa shape index (κ2) is 8.62. The van der Waals surface area contributed by atoms with Gasteiger partial charge in [0.15, 0.2) is 0 Å². The second-order valence-corrected chi connectivity index (χ2v) is 8.23. The van der Waals surface area contributed by atoms with Gasteiger partial charge in [0.1, 0.15) is 0 Å². The molecule has 1 unspecified atom stereocenters. The predicted octanol–water partition coefficient (Wildman–Crippen LogP) is 4.86. The van der Waals surface area contributed by atoms with Gasteiger partial charge in [0.2, 0.25) is 0 Å². The van der Waals surface area contributed by atoms with Gasteiger partial charge in [-0.1, -0.05) is 47.5 Å². The summed E-state index contributed by atoms with van der Waals surface area (Å²) in [6.45, 7) is 2.31. The lowest BCUT2D eigenvalue weighted by molar-refractivity contribution is 0.0925. The van der Waals surface area contributed by atoms with Crippen LogP contribution < -0.4 is 5.32 Å². The van der Waals surface area contributed by atoms with Gasteiger partial charge in [0.05, 0.1) is 16.6 Å². The Labute approximate surface area is 181 Å². The molecule has 1 aliphatic rings. The van der Waals surface area contributed by atoms with Gasteiger partial charge < -0.3 is 9.88 Å². The molecule has 1 N–H and O–H groups in total. The lowest BCUT2D eigenvalue weighted by atomic mass is 9.97. The first-order valence-corrected chi connectivity index (χ1v) is 10.4. The van der Waals surface area contributed by atoms with E-state index >= 15 is 0 Å². The van der Waals surface area contributed by atoms with Crippen LogP contribution in [0, 0.1) is 0 Å². The van der Waals surface area contributed by atoms with E-state index in [2.05, 4.69) is 45.1 Å². The monoisotopic (exact) mass is 427 g/mol. The van der Waals surface area contributed by atoms with E-state index < -0.39 is 0 Å². The Balaban J connectivity index is 1.54. The number of halogens is 2. The molecule has 0 spiro atoms. The molecule has 0 saturated heterocycles. The number of hydrogen-bond donors (Lipinski definition) is 1. The van der Waals surface area contributed by atoms with Crippen molar-refractivity contribution in [2.45, 2.75) is 19.0 Å². The van der Waals surface area contributed by atoms with Crippen LogP contribution in [0.3, 0.4) is 0 Å². The molecule has 6 heteroatoms. The van der Waals surface area contributed by atoms with Gasteiger partial charge in [-0.25, -0.2) is 0 Å². The van der Waals surface area contributed by atoms with Gasteiger partial charge in [0.25, 0.3) is 5.91 Å². The number of nitrogens with one attached hydrogen (secondary N) is 1. The van der Waals surface area contributed by atoms with Crippen LogP contribution in [0.1, 0.15) is 33.2 Å². The fourth-order valence-electron chi connectivity index (χ4n) is 3.98. The molecule has 0 fully saturated rings. The van der Waals surface area contributed by atoms with E-state index in [1.807, 2.05) is 19.3 Å². The normalized spacial score (nSPS) is 15.0. The van der Waals surface area contributed by atoms with E-state index in [-0.39, 0.29) is 11.9 Å². The van der Waals surface area contributed by atoms with Gasteiger partial charge in [-0.05, 0) is 47.9 Å². The Bertz CT molecular complexity index is 1030. The fraction of sp³-hybridized carbons (Fsp3) is 0.261. The van der Waals surface area contributed by atoms with Crippen LogP contribution >= 0.6 is 23.2 Å². The minimum atomic E-state index is -0.191. The molecular formula is C23H23Cl2N3O. The number of hydrogen-bond acceptors (Lipinski definition) is 2. The summed E-state index contributed by atoms with van der Waals surface area (Å²) in [5.74, 6) is -0.191. The van der Waals surface area contributed by atoms with Crippen molar-refractivity contribution in [3.63, 3.8) is 0 Å². The topological polar surface area (TPSA) is 37.3 Å². The lowest BCUT2D eigenvalue weighted by Crippen LogP contribution is -2.41. The molecule has 4 rings (SSSR count). The number of rotatable bonds is 5. The highest BCUT2D eigenvalue weighted by Gasteiger charge is 2.27. The largest absolute Gasteiger partial charge is 0.353 e. The fourth-order valence-corrected chi connectivity index (χ4v) is 4.48. The van der Waals surface area contributed by atoms with Crippen LogP contribution in [0.4, 0.5) is 0 Å². The highest BCUT2D eigenvalue weighted by Crippen LogP contribution is 2.28. The minimum absolute atomic E-state index is 0.0679. The predicted molar refractivity (Wildman–Crippen MR) is 118 cm³/mol. The molecule has 1 aromatic heterocycles. The van der Waals surface area contributed by atoms with Crippen molar-refractivity contribution >= 4 is 29.1 Å². The smallest absolute Gasteiger partial charge is 0.252 e. The zero-order valence-corrected chi connectivity index (χ0v) is 17.7. The van der Waals surface area contributed by atoms with Gasteiger partial charge in [-0.2, -0.15) is 0 Å². The van der Waals surface area contributed by atoms with Crippen molar-refractivity contribution < 1.29 is 4.79 Å². The second-order valence-electron chi connectivity index (χ2n) is 7.38. The average molecular weight is 428 g/mol. The zero-order chi connectivity index (χ0) is 20.4. The van der Waals surface area contributed by atoms with E-state index in [0.717, 1.165) is 19.5 Å². The van der Waals surface area contributed by atoms with E-state index in [0.29, 0.717) is 22.2 Å². The summed E-state index contributed by atoms with van der Waals surface area (Å²) in [5.41, 5.74) is 4.37. The summed E-state index contributed by atoms with van der Waals surface area (Å²) in [5, 5.41) is 3.95. The third kappa shape index (κ3) is 4.35. The van der Waals surface area contributed by atoms with Crippen LogP contribution in [-0.4, -0.2) is 28.5 Å². The molecule has 1 atom stereocenters. The number of carbonyl (C=O) groups is 1. The summed E-state index contributed by atoms with van der Waals surface area (Å²) < 4.78 is 2.12. The van der Waals surface area contributed by atoms with Crippen molar-refractivity contribution in [2.75, 3.05) is 13.1 Å². The first-order chi connectivity index (χ1) is 14.0. The Kier molecular flexibility index (Phi) is 5.95. The summed E-state index contributed by atoms with van der Waals surface area (Å²) in [7, 11) is 2.04. The number of amides is 1. The summed E-state index contributed by atoms with van der Waals surface area (Å²) in [6, 6.07) is 17.7. The van der Waals surface area contributed by atoms with Gasteiger partial charge in [0, 0.05) is 43.6 Å². The first kappa shape index (κ1) is 20.0. The summed E-state index contributed by atoms with van der Waals surface area (Å²) in [4.78, 5) is 15.2. The van der Waals surface area contributed by atoms with Crippen molar-refractivity contribution in [2.24, 2.45) is 7.05 Å². The van der Waals surface area contributed by atoms with Gasteiger partial charge in [-0.3, -0.25) is 9.69 Å². The summed E-state index contributed by atoms with van der Waals surface area (Å²) >= 11 is 12.2. The maximum atomic E-state index is 12.8. The average Bonchev–Trinajstić information content (AvgIpc) is 3.13. The molecule has 29 heavy (non-hydrogen) atoms. The molecule has 2 heterocycles. The van der Waals surface area contributed by atoms with Crippen molar-refractivity contribution in [3.8, 4) is 0 Å². The molecule has 1 amide bonds.